The first-order chi connectivity index (χ1) is 12.8. The standard InChI is InChI=1S/C20H25F2N3O2/c1-13-10-14(2)25(23-13)12-16-6-8-24(9-7-16)20(26)15(3)27-17-4-5-18(21)19(22)11-17/h4-5,10-11,15-16H,6-9,12H2,1-3H3. The maximum Gasteiger partial charge on any atom is 0.263 e. The molecule has 0 saturated carbocycles. The van der Waals surface area contributed by atoms with Crippen molar-refractivity contribution in [1.82, 2.24) is 14.7 Å². The molecule has 0 spiro atoms. The minimum Gasteiger partial charge on any atom is -0.481 e. The largest absolute Gasteiger partial charge is 0.481 e. The topological polar surface area (TPSA) is 47.4 Å². The van der Waals surface area contributed by atoms with Gasteiger partial charge in [0.1, 0.15) is 5.75 Å². The van der Waals surface area contributed by atoms with Crippen molar-refractivity contribution in [2.24, 2.45) is 5.92 Å². The third kappa shape index (κ3) is 4.64. The molecule has 1 aromatic heterocycles. The average molecular weight is 377 g/mol. The monoisotopic (exact) mass is 377 g/mol. The molecule has 0 N–H and O–H groups in total. The Labute approximate surface area is 157 Å². The van der Waals surface area contributed by atoms with Crippen molar-refractivity contribution in [1.29, 1.82) is 0 Å². The fourth-order valence-corrected chi connectivity index (χ4v) is 3.50. The lowest BCUT2D eigenvalue weighted by molar-refractivity contribution is -0.139. The van der Waals surface area contributed by atoms with Crippen molar-refractivity contribution >= 4 is 5.91 Å². The highest BCUT2D eigenvalue weighted by Crippen LogP contribution is 2.22. The van der Waals surface area contributed by atoms with Crippen LogP contribution in [0.15, 0.2) is 24.3 Å². The summed E-state index contributed by atoms with van der Waals surface area (Å²) in [5, 5.41) is 4.51. The molecule has 1 aromatic carbocycles. The summed E-state index contributed by atoms with van der Waals surface area (Å²) in [6, 6.07) is 5.34. The van der Waals surface area contributed by atoms with Gasteiger partial charge in [0.15, 0.2) is 17.7 Å². The van der Waals surface area contributed by atoms with Crippen LogP contribution in [0.5, 0.6) is 5.75 Å². The van der Waals surface area contributed by atoms with Crippen LogP contribution in [0.3, 0.4) is 0 Å². The number of hydrogen-bond acceptors (Lipinski definition) is 3. The quantitative estimate of drug-likeness (QED) is 0.801. The van der Waals surface area contributed by atoms with Crippen LogP contribution in [0, 0.1) is 31.4 Å². The molecule has 2 heterocycles. The van der Waals surface area contributed by atoms with Crippen LogP contribution in [0.4, 0.5) is 8.78 Å². The Kier molecular flexibility index (Phi) is 5.77. The van der Waals surface area contributed by atoms with Gasteiger partial charge in [-0.3, -0.25) is 9.48 Å². The molecule has 1 fully saturated rings. The summed E-state index contributed by atoms with van der Waals surface area (Å²) in [6.07, 6.45) is 1.06. The van der Waals surface area contributed by atoms with E-state index in [4.69, 9.17) is 4.74 Å². The fraction of sp³-hybridized carbons (Fsp3) is 0.500. The molecule has 0 aliphatic carbocycles. The molecule has 2 aromatic rings. The van der Waals surface area contributed by atoms with Gasteiger partial charge in [0.25, 0.3) is 5.91 Å². The number of nitrogens with zero attached hydrogens (tertiary/aromatic N) is 3. The van der Waals surface area contributed by atoms with Crippen LogP contribution in [-0.4, -0.2) is 39.8 Å². The Balaban J connectivity index is 1.51. The van der Waals surface area contributed by atoms with Gasteiger partial charge in [-0.2, -0.15) is 5.10 Å². The average Bonchev–Trinajstić information content (AvgIpc) is 2.95. The smallest absolute Gasteiger partial charge is 0.263 e. The van der Waals surface area contributed by atoms with E-state index in [1.165, 1.54) is 6.07 Å². The number of amides is 1. The molecule has 1 atom stereocenters. The summed E-state index contributed by atoms with van der Waals surface area (Å²) < 4.78 is 33.8. The van der Waals surface area contributed by atoms with Gasteiger partial charge in [0.05, 0.1) is 5.69 Å². The Hall–Kier alpha value is -2.44. The zero-order valence-electron chi connectivity index (χ0n) is 15.9. The second kappa shape index (κ2) is 8.06. The third-order valence-corrected chi connectivity index (χ3v) is 5.01. The summed E-state index contributed by atoms with van der Waals surface area (Å²) in [7, 11) is 0. The van der Waals surface area contributed by atoms with Gasteiger partial charge < -0.3 is 9.64 Å². The van der Waals surface area contributed by atoms with Crippen LogP contribution >= 0.6 is 0 Å². The first-order valence-electron chi connectivity index (χ1n) is 9.25. The van der Waals surface area contributed by atoms with Gasteiger partial charge in [-0.1, -0.05) is 0 Å². The molecular formula is C20H25F2N3O2. The summed E-state index contributed by atoms with van der Waals surface area (Å²) in [6.45, 7) is 7.85. The lowest BCUT2D eigenvalue weighted by Gasteiger charge is -2.33. The van der Waals surface area contributed by atoms with Crippen LogP contribution in [0.1, 0.15) is 31.2 Å². The normalized spacial score (nSPS) is 16.4. The molecule has 146 valence electrons. The molecule has 27 heavy (non-hydrogen) atoms. The number of benzene rings is 1. The molecular weight excluding hydrogens is 352 g/mol. The zero-order chi connectivity index (χ0) is 19.6. The van der Waals surface area contributed by atoms with E-state index in [2.05, 4.69) is 18.1 Å². The van der Waals surface area contributed by atoms with Crippen molar-refractivity contribution < 1.29 is 18.3 Å². The number of carbonyl (C=O) groups excluding carboxylic acids is 1. The van der Waals surface area contributed by atoms with Crippen LogP contribution in [0.2, 0.25) is 0 Å². The van der Waals surface area contributed by atoms with Gasteiger partial charge in [-0.25, -0.2) is 8.78 Å². The lowest BCUT2D eigenvalue weighted by atomic mass is 9.96. The number of piperidine rings is 1. The number of ether oxygens (including phenoxy) is 1. The number of likely N-dealkylation sites (tertiary alicyclic amines) is 1. The summed E-state index contributed by atoms with van der Waals surface area (Å²) in [5.74, 6) is -1.43. The summed E-state index contributed by atoms with van der Waals surface area (Å²) in [4.78, 5) is 14.4. The van der Waals surface area contributed by atoms with E-state index in [9.17, 15) is 13.6 Å². The Morgan fingerprint density at radius 2 is 1.93 bits per heavy atom. The second-order valence-corrected chi connectivity index (χ2v) is 7.21. The number of aryl methyl sites for hydroxylation is 2. The Morgan fingerprint density at radius 3 is 2.52 bits per heavy atom. The van der Waals surface area contributed by atoms with Gasteiger partial charge in [0, 0.05) is 31.4 Å². The lowest BCUT2D eigenvalue weighted by Crippen LogP contribution is -2.45. The predicted octanol–water partition coefficient (Wildman–Crippen LogP) is 3.48. The molecule has 1 saturated heterocycles. The van der Waals surface area contributed by atoms with E-state index in [-0.39, 0.29) is 11.7 Å². The van der Waals surface area contributed by atoms with Gasteiger partial charge in [0.2, 0.25) is 0 Å². The zero-order valence-corrected chi connectivity index (χ0v) is 15.9. The van der Waals surface area contributed by atoms with E-state index < -0.39 is 17.7 Å². The maximum atomic E-state index is 13.3. The van der Waals surface area contributed by atoms with Gasteiger partial charge in [-0.05, 0) is 57.7 Å². The highest BCUT2D eigenvalue weighted by Gasteiger charge is 2.27. The molecule has 1 unspecified atom stereocenters. The van der Waals surface area contributed by atoms with Gasteiger partial charge in [-0.15, -0.1) is 0 Å². The number of rotatable bonds is 5. The number of aromatic nitrogens is 2. The minimum absolute atomic E-state index is 0.135. The number of hydrogen-bond donors (Lipinski definition) is 0. The molecule has 5 nitrogen and oxygen atoms in total. The molecule has 3 rings (SSSR count). The number of carbonyl (C=O) groups is 1. The van der Waals surface area contributed by atoms with Crippen LogP contribution in [0.25, 0.3) is 0 Å². The van der Waals surface area contributed by atoms with Gasteiger partial charge >= 0.3 is 0 Å². The molecule has 0 radical (unpaired) electrons. The highest BCUT2D eigenvalue weighted by molar-refractivity contribution is 5.81. The Morgan fingerprint density at radius 1 is 1.22 bits per heavy atom. The van der Waals surface area contributed by atoms with E-state index >= 15 is 0 Å². The SMILES string of the molecule is Cc1cc(C)n(CC2CCN(C(=O)C(C)Oc3ccc(F)c(F)c3)CC2)n1. The van der Waals surface area contributed by atoms with E-state index in [1.54, 1.807) is 11.8 Å². The predicted molar refractivity (Wildman–Crippen MR) is 97.5 cm³/mol. The van der Waals surface area contributed by atoms with Crippen LogP contribution < -0.4 is 4.74 Å². The minimum atomic E-state index is -0.989. The maximum absolute atomic E-state index is 13.3. The van der Waals surface area contributed by atoms with E-state index in [0.717, 1.165) is 42.9 Å². The van der Waals surface area contributed by atoms with Crippen molar-refractivity contribution in [3.8, 4) is 5.75 Å². The molecule has 1 amide bonds. The summed E-state index contributed by atoms with van der Waals surface area (Å²) >= 11 is 0. The van der Waals surface area contributed by atoms with Crippen molar-refractivity contribution in [2.75, 3.05) is 13.1 Å². The molecule has 1 aliphatic heterocycles. The van der Waals surface area contributed by atoms with E-state index in [1.807, 2.05) is 11.6 Å². The highest BCUT2D eigenvalue weighted by atomic mass is 19.2. The fourth-order valence-electron chi connectivity index (χ4n) is 3.50. The van der Waals surface area contributed by atoms with Crippen molar-refractivity contribution in [3.63, 3.8) is 0 Å². The van der Waals surface area contributed by atoms with Crippen molar-refractivity contribution in [3.05, 3.63) is 47.3 Å². The molecule has 7 heteroatoms. The first-order valence-corrected chi connectivity index (χ1v) is 9.25. The molecule has 0 bridgehead atoms. The summed E-state index contributed by atoms with van der Waals surface area (Å²) in [5.41, 5.74) is 2.17. The molecule has 1 aliphatic rings. The Bertz CT molecular complexity index is 814. The van der Waals surface area contributed by atoms with E-state index in [0.29, 0.717) is 19.0 Å². The third-order valence-electron chi connectivity index (χ3n) is 5.01. The number of halogens is 2. The second-order valence-electron chi connectivity index (χ2n) is 7.21. The first kappa shape index (κ1) is 19.3. The van der Waals surface area contributed by atoms with Crippen molar-refractivity contribution in [2.45, 2.75) is 46.3 Å². The van der Waals surface area contributed by atoms with Crippen LogP contribution in [-0.2, 0) is 11.3 Å².